The quantitative estimate of drug-likeness (QED) is 0.801. The lowest BCUT2D eigenvalue weighted by molar-refractivity contribution is -0.142. The minimum atomic E-state index is -0.954. The molecule has 0 fully saturated rings. The number of carboxylic acids is 1. The van der Waals surface area contributed by atoms with Crippen molar-refractivity contribution in [3.8, 4) is 5.75 Å². The van der Waals surface area contributed by atoms with Crippen molar-refractivity contribution in [3.05, 3.63) is 29.3 Å². The van der Waals surface area contributed by atoms with Gasteiger partial charge in [0.15, 0.2) is 0 Å². The van der Waals surface area contributed by atoms with Gasteiger partial charge in [0, 0.05) is 0 Å². The summed E-state index contributed by atoms with van der Waals surface area (Å²) >= 11 is 0. The highest BCUT2D eigenvalue weighted by atomic mass is 16.5. The van der Waals surface area contributed by atoms with Crippen LogP contribution in [0.4, 0.5) is 0 Å². The Morgan fingerprint density at radius 2 is 2.19 bits per heavy atom. The second-order valence-electron chi connectivity index (χ2n) is 3.39. The molecule has 0 aliphatic rings. The van der Waals surface area contributed by atoms with Crippen LogP contribution in [0, 0.1) is 0 Å². The molecule has 0 saturated heterocycles. The average molecular weight is 224 g/mol. The molecule has 1 rings (SSSR count). The van der Waals surface area contributed by atoms with Gasteiger partial charge in [-0.25, -0.2) is 4.79 Å². The lowest BCUT2D eigenvalue weighted by Gasteiger charge is -2.09. The number of rotatable bonds is 6. The van der Waals surface area contributed by atoms with E-state index in [4.69, 9.17) is 14.6 Å². The molecule has 0 unspecified atom stereocenters. The highest BCUT2D eigenvalue weighted by Crippen LogP contribution is 2.20. The number of ether oxygens (including phenoxy) is 2. The summed E-state index contributed by atoms with van der Waals surface area (Å²) in [6.45, 7) is 2.08. The molecular weight excluding hydrogens is 208 g/mol. The Labute approximate surface area is 94.8 Å². The molecule has 0 radical (unpaired) electrons. The second-order valence-corrected chi connectivity index (χ2v) is 3.39. The van der Waals surface area contributed by atoms with Gasteiger partial charge in [0.1, 0.15) is 12.4 Å². The van der Waals surface area contributed by atoms with E-state index in [1.165, 1.54) is 0 Å². The van der Waals surface area contributed by atoms with E-state index in [1.807, 2.05) is 25.1 Å². The van der Waals surface area contributed by atoms with Gasteiger partial charge in [-0.1, -0.05) is 13.0 Å². The van der Waals surface area contributed by atoms with Crippen molar-refractivity contribution in [2.75, 3.05) is 13.7 Å². The first-order chi connectivity index (χ1) is 7.67. The normalized spacial score (nSPS) is 10.1. The van der Waals surface area contributed by atoms with Gasteiger partial charge in [-0.3, -0.25) is 0 Å². The topological polar surface area (TPSA) is 55.8 Å². The van der Waals surface area contributed by atoms with E-state index in [-0.39, 0.29) is 6.61 Å². The number of hydrogen-bond acceptors (Lipinski definition) is 3. The molecule has 0 aromatic heterocycles. The standard InChI is InChI=1S/C12H16O4/c1-3-10-6-9(4-5-11(10)15-2)7-16-8-12(13)14/h4-6H,3,7-8H2,1-2H3,(H,13,14). The molecule has 1 aromatic carbocycles. The smallest absolute Gasteiger partial charge is 0.329 e. The van der Waals surface area contributed by atoms with Crippen LogP contribution in [0.25, 0.3) is 0 Å². The third kappa shape index (κ3) is 3.55. The number of benzene rings is 1. The van der Waals surface area contributed by atoms with Crippen molar-refractivity contribution in [3.63, 3.8) is 0 Å². The first kappa shape index (κ1) is 12.5. The number of aryl methyl sites for hydroxylation is 1. The summed E-state index contributed by atoms with van der Waals surface area (Å²) in [5.74, 6) is -0.103. The fourth-order valence-electron chi connectivity index (χ4n) is 1.45. The minimum Gasteiger partial charge on any atom is -0.496 e. The van der Waals surface area contributed by atoms with Gasteiger partial charge in [0.2, 0.25) is 0 Å². The summed E-state index contributed by atoms with van der Waals surface area (Å²) in [4.78, 5) is 10.3. The van der Waals surface area contributed by atoms with Crippen molar-refractivity contribution in [2.45, 2.75) is 20.0 Å². The molecule has 0 amide bonds. The van der Waals surface area contributed by atoms with Crippen LogP contribution in [0.1, 0.15) is 18.1 Å². The minimum absolute atomic E-state index is 0.270. The van der Waals surface area contributed by atoms with Gasteiger partial charge in [-0.15, -0.1) is 0 Å². The number of methoxy groups -OCH3 is 1. The van der Waals surface area contributed by atoms with Gasteiger partial charge < -0.3 is 14.6 Å². The Balaban J connectivity index is 2.64. The number of aliphatic carboxylic acids is 1. The maximum Gasteiger partial charge on any atom is 0.329 e. The van der Waals surface area contributed by atoms with Gasteiger partial charge in [-0.2, -0.15) is 0 Å². The van der Waals surface area contributed by atoms with Gasteiger partial charge in [0.05, 0.1) is 13.7 Å². The maximum atomic E-state index is 10.3. The Morgan fingerprint density at radius 1 is 1.44 bits per heavy atom. The molecule has 1 aromatic rings. The van der Waals surface area contributed by atoms with Crippen molar-refractivity contribution in [1.82, 2.24) is 0 Å². The molecule has 1 N–H and O–H groups in total. The molecule has 0 aliphatic heterocycles. The number of carbonyl (C=O) groups is 1. The maximum absolute atomic E-state index is 10.3. The van der Waals surface area contributed by atoms with E-state index in [0.29, 0.717) is 6.61 Å². The zero-order chi connectivity index (χ0) is 12.0. The Bertz CT molecular complexity index is 360. The van der Waals surface area contributed by atoms with E-state index in [0.717, 1.165) is 23.3 Å². The summed E-state index contributed by atoms with van der Waals surface area (Å²) in [6.07, 6.45) is 0.871. The summed E-state index contributed by atoms with van der Waals surface area (Å²) in [6, 6.07) is 5.72. The Hall–Kier alpha value is -1.55. The average Bonchev–Trinajstić information content (AvgIpc) is 2.28. The van der Waals surface area contributed by atoms with Crippen molar-refractivity contribution >= 4 is 5.97 Å². The van der Waals surface area contributed by atoms with Gasteiger partial charge >= 0.3 is 5.97 Å². The first-order valence-electron chi connectivity index (χ1n) is 5.12. The van der Waals surface area contributed by atoms with Crippen LogP contribution >= 0.6 is 0 Å². The second kappa shape index (κ2) is 6.12. The molecular formula is C12H16O4. The summed E-state index contributed by atoms with van der Waals surface area (Å²) in [5.41, 5.74) is 2.05. The molecule has 4 nitrogen and oxygen atoms in total. The molecule has 0 saturated carbocycles. The first-order valence-corrected chi connectivity index (χ1v) is 5.12. The SMILES string of the molecule is CCc1cc(COCC(=O)O)ccc1OC. The van der Waals surface area contributed by atoms with E-state index in [9.17, 15) is 4.79 Å². The molecule has 0 atom stereocenters. The zero-order valence-corrected chi connectivity index (χ0v) is 9.53. The Morgan fingerprint density at radius 3 is 2.75 bits per heavy atom. The fraction of sp³-hybridized carbons (Fsp3) is 0.417. The predicted octanol–water partition coefficient (Wildman–Crippen LogP) is 1.86. The number of hydrogen-bond donors (Lipinski definition) is 1. The summed E-state index contributed by atoms with van der Waals surface area (Å²) < 4.78 is 10.2. The van der Waals surface area contributed by atoms with E-state index < -0.39 is 5.97 Å². The van der Waals surface area contributed by atoms with Crippen molar-refractivity contribution in [2.24, 2.45) is 0 Å². The van der Waals surface area contributed by atoms with E-state index >= 15 is 0 Å². The van der Waals surface area contributed by atoms with Crippen LogP contribution in [-0.4, -0.2) is 24.8 Å². The molecule has 4 heteroatoms. The Kier molecular flexibility index (Phi) is 4.79. The largest absolute Gasteiger partial charge is 0.496 e. The summed E-state index contributed by atoms with van der Waals surface area (Å²) in [5, 5.41) is 8.43. The molecule has 0 aliphatic carbocycles. The molecule has 0 spiro atoms. The predicted molar refractivity (Wildman–Crippen MR) is 59.7 cm³/mol. The number of carboxylic acid groups (broad SMARTS) is 1. The lowest BCUT2D eigenvalue weighted by Crippen LogP contribution is -2.06. The van der Waals surface area contributed by atoms with Crippen LogP contribution < -0.4 is 4.74 Å². The third-order valence-corrected chi connectivity index (χ3v) is 2.22. The van der Waals surface area contributed by atoms with Gasteiger partial charge in [0.25, 0.3) is 0 Å². The third-order valence-electron chi connectivity index (χ3n) is 2.22. The summed E-state index contributed by atoms with van der Waals surface area (Å²) in [7, 11) is 1.63. The zero-order valence-electron chi connectivity index (χ0n) is 9.53. The van der Waals surface area contributed by atoms with E-state index in [1.54, 1.807) is 7.11 Å². The fourth-order valence-corrected chi connectivity index (χ4v) is 1.45. The lowest BCUT2D eigenvalue weighted by atomic mass is 10.1. The van der Waals surface area contributed by atoms with Crippen molar-refractivity contribution < 1.29 is 19.4 Å². The van der Waals surface area contributed by atoms with Crippen molar-refractivity contribution in [1.29, 1.82) is 0 Å². The molecule has 88 valence electrons. The highest BCUT2D eigenvalue weighted by Gasteiger charge is 2.03. The van der Waals surface area contributed by atoms with Crippen LogP contribution in [0.2, 0.25) is 0 Å². The van der Waals surface area contributed by atoms with Crippen LogP contribution in [-0.2, 0) is 22.6 Å². The molecule has 16 heavy (non-hydrogen) atoms. The molecule has 0 bridgehead atoms. The van der Waals surface area contributed by atoms with Crippen LogP contribution in [0.3, 0.4) is 0 Å². The monoisotopic (exact) mass is 224 g/mol. The highest BCUT2D eigenvalue weighted by molar-refractivity contribution is 5.67. The van der Waals surface area contributed by atoms with Crippen LogP contribution in [0.5, 0.6) is 5.75 Å². The van der Waals surface area contributed by atoms with E-state index in [2.05, 4.69) is 0 Å². The molecule has 0 heterocycles. The van der Waals surface area contributed by atoms with Gasteiger partial charge in [-0.05, 0) is 29.7 Å². The van der Waals surface area contributed by atoms with Crippen LogP contribution in [0.15, 0.2) is 18.2 Å².